The van der Waals surface area contributed by atoms with Gasteiger partial charge in [-0.3, -0.25) is 4.79 Å². The molecular formula is C32H40O6. The van der Waals surface area contributed by atoms with Gasteiger partial charge in [0.2, 0.25) is 0 Å². The van der Waals surface area contributed by atoms with Crippen LogP contribution in [0.4, 0.5) is 0 Å². The molecule has 6 nitrogen and oxygen atoms in total. The first-order valence-corrected chi connectivity index (χ1v) is 13.7. The number of carbonyl (C=O) groups excluding carboxylic acids is 2. The van der Waals surface area contributed by atoms with Crippen molar-refractivity contribution < 1.29 is 29.3 Å². The number of fused-ring (bicyclic) bond motifs is 5. The third kappa shape index (κ3) is 3.70. The summed E-state index contributed by atoms with van der Waals surface area (Å²) in [4.78, 5) is 26.3. The Hall–Kier alpha value is -2.86. The van der Waals surface area contributed by atoms with E-state index >= 15 is 0 Å². The molecule has 5 rings (SSSR count). The summed E-state index contributed by atoms with van der Waals surface area (Å²) in [5, 5.41) is 21.1. The predicted molar refractivity (Wildman–Crippen MR) is 145 cm³/mol. The fourth-order valence-corrected chi connectivity index (χ4v) is 8.55. The number of aliphatic hydroxyl groups excluding tert-OH is 1. The van der Waals surface area contributed by atoms with E-state index in [2.05, 4.69) is 32.9 Å². The van der Waals surface area contributed by atoms with Gasteiger partial charge in [0.25, 0.3) is 0 Å². The number of phenols is 1. The fourth-order valence-electron chi connectivity index (χ4n) is 8.55. The average Bonchev–Trinajstić information content (AvgIpc) is 3.17. The summed E-state index contributed by atoms with van der Waals surface area (Å²) in [5.74, 6) is 0.180. The summed E-state index contributed by atoms with van der Waals surface area (Å²) in [7, 11) is 1.48. The molecule has 0 heterocycles. The standard InChI is InChI=1S/C32H40O6/c1-29(2)24-18-27(38-28(36)12-8-19-7-9-21(37-6)20(33)17-19)32(5)22-10-11-26(35)31(22,4)15-13-23(32)30(24,3)16-14-25(29)34/h7-10,12,14,16-17,23-24,26-27,33,35H,11,13,15,18H2,1-6H3/b12-8+/t23-,24+,26-,27-,30-,31-,32+/m1/s1. The Kier molecular flexibility index (Phi) is 6.22. The largest absolute Gasteiger partial charge is 0.504 e. The monoisotopic (exact) mass is 520 g/mol. The van der Waals surface area contributed by atoms with Gasteiger partial charge in [-0.2, -0.15) is 0 Å². The number of aliphatic hydroxyl groups is 1. The minimum atomic E-state index is -0.573. The van der Waals surface area contributed by atoms with Crippen molar-refractivity contribution in [3.05, 3.63) is 53.6 Å². The van der Waals surface area contributed by atoms with Crippen molar-refractivity contribution in [1.29, 1.82) is 0 Å². The van der Waals surface area contributed by atoms with Gasteiger partial charge in [-0.25, -0.2) is 4.79 Å². The third-order valence-electron chi connectivity index (χ3n) is 10.7. The van der Waals surface area contributed by atoms with Crippen molar-refractivity contribution in [2.24, 2.45) is 33.5 Å². The van der Waals surface area contributed by atoms with Gasteiger partial charge >= 0.3 is 5.97 Å². The van der Waals surface area contributed by atoms with Gasteiger partial charge in [-0.15, -0.1) is 0 Å². The quantitative estimate of drug-likeness (QED) is 0.304. The Bertz CT molecular complexity index is 1260. The number of hydrogen-bond acceptors (Lipinski definition) is 6. The highest BCUT2D eigenvalue weighted by Gasteiger charge is 2.68. The highest BCUT2D eigenvalue weighted by Crippen LogP contribution is 2.71. The van der Waals surface area contributed by atoms with E-state index in [0.717, 1.165) is 12.8 Å². The Morgan fingerprint density at radius 1 is 1.13 bits per heavy atom. The van der Waals surface area contributed by atoms with Crippen LogP contribution in [0.3, 0.4) is 0 Å². The SMILES string of the molecule is COc1ccc(/C=C/C(=O)O[C@@H]2C[C@H]3C(C)(C)C(=O)C=C[C@]3(C)[C@H]3CC[C@]4(C)C(=CC[C@H]4O)[C@@]32C)cc1O. The Balaban J connectivity index is 1.51. The van der Waals surface area contributed by atoms with Crippen molar-refractivity contribution in [3.63, 3.8) is 0 Å². The van der Waals surface area contributed by atoms with Gasteiger partial charge in [-0.1, -0.05) is 58.4 Å². The van der Waals surface area contributed by atoms with Gasteiger partial charge in [0, 0.05) is 22.3 Å². The maximum absolute atomic E-state index is 13.3. The van der Waals surface area contributed by atoms with E-state index in [1.165, 1.54) is 24.8 Å². The molecule has 4 aliphatic rings. The second-order valence-electron chi connectivity index (χ2n) is 12.9. The molecule has 7 atom stereocenters. The molecule has 0 aromatic heterocycles. The number of aromatic hydroxyl groups is 1. The van der Waals surface area contributed by atoms with Crippen molar-refractivity contribution in [2.75, 3.05) is 7.11 Å². The molecule has 2 saturated carbocycles. The molecule has 0 spiro atoms. The van der Waals surface area contributed by atoms with Crippen molar-refractivity contribution in [2.45, 2.75) is 72.5 Å². The van der Waals surface area contributed by atoms with E-state index in [4.69, 9.17) is 9.47 Å². The maximum Gasteiger partial charge on any atom is 0.331 e. The van der Waals surface area contributed by atoms with Gasteiger partial charge in [0.15, 0.2) is 17.3 Å². The molecule has 204 valence electrons. The van der Waals surface area contributed by atoms with E-state index in [0.29, 0.717) is 24.2 Å². The number of carbonyl (C=O) groups is 2. The van der Waals surface area contributed by atoms with Crippen LogP contribution in [-0.2, 0) is 14.3 Å². The summed E-state index contributed by atoms with van der Waals surface area (Å²) >= 11 is 0. The highest BCUT2D eigenvalue weighted by atomic mass is 16.5. The van der Waals surface area contributed by atoms with Gasteiger partial charge in [-0.05, 0) is 72.8 Å². The number of benzene rings is 1. The molecule has 0 saturated heterocycles. The van der Waals surface area contributed by atoms with Crippen LogP contribution < -0.4 is 4.74 Å². The lowest BCUT2D eigenvalue weighted by Crippen LogP contribution is -2.64. The van der Waals surface area contributed by atoms with Crippen LogP contribution in [0.25, 0.3) is 6.08 Å². The predicted octanol–water partition coefficient (Wildman–Crippen LogP) is 5.63. The molecule has 0 bridgehead atoms. The molecule has 6 heteroatoms. The summed E-state index contributed by atoms with van der Waals surface area (Å²) in [5.41, 5.74) is 0.213. The summed E-state index contributed by atoms with van der Waals surface area (Å²) in [6.07, 6.45) is 11.1. The maximum atomic E-state index is 13.3. The lowest BCUT2D eigenvalue weighted by Gasteiger charge is -2.66. The van der Waals surface area contributed by atoms with Crippen LogP contribution in [-0.4, -0.2) is 41.3 Å². The number of ether oxygens (including phenoxy) is 2. The lowest BCUT2D eigenvalue weighted by molar-refractivity contribution is -0.187. The van der Waals surface area contributed by atoms with Gasteiger partial charge in [0.1, 0.15) is 6.10 Å². The topological polar surface area (TPSA) is 93.1 Å². The van der Waals surface area contributed by atoms with E-state index in [1.54, 1.807) is 24.3 Å². The third-order valence-corrected chi connectivity index (χ3v) is 10.7. The zero-order valence-corrected chi connectivity index (χ0v) is 23.3. The first-order valence-electron chi connectivity index (χ1n) is 13.7. The van der Waals surface area contributed by atoms with Crippen molar-refractivity contribution >= 4 is 17.8 Å². The average molecular weight is 521 g/mol. The molecule has 2 fully saturated rings. The van der Waals surface area contributed by atoms with Crippen LogP contribution in [0.1, 0.15) is 65.9 Å². The Labute approximate surface area is 225 Å². The number of hydrogen-bond donors (Lipinski definition) is 2. The molecule has 0 radical (unpaired) electrons. The van der Waals surface area contributed by atoms with Crippen LogP contribution in [0.2, 0.25) is 0 Å². The van der Waals surface area contributed by atoms with E-state index in [9.17, 15) is 19.8 Å². The number of methoxy groups -OCH3 is 1. The molecule has 0 aliphatic heterocycles. The molecule has 0 unspecified atom stereocenters. The minimum absolute atomic E-state index is 0.00425. The van der Waals surface area contributed by atoms with Crippen LogP contribution in [0.15, 0.2) is 48.1 Å². The smallest absolute Gasteiger partial charge is 0.331 e. The summed E-state index contributed by atoms with van der Waals surface area (Å²) < 4.78 is 11.4. The van der Waals surface area contributed by atoms with E-state index < -0.39 is 29.0 Å². The number of esters is 1. The van der Waals surface area contributed by atoms with Gasteiger partial charge in [0.05, 0.1) is 13.2 Å². The number of allylic oxidation sites excluding steroid dienone is 2. The molecular weight excluding hydrogens is 480 g/mol. The Morgan fingerprint density at radius 2 is 1.87 bits per heavy atom. The second-order valence-corrected chi connectivity index (χ2v) is 12.9. The first-order chi connectivity index (χ1) is 17.8. The molecule has 2 N–H and O–H groups in total. The van der Waals surface area contributed by atoms with Gasteiger partial charge < -0.3 is 19.7 Å². The van der Waals surface area contributed by atoms with Crippen molar-refractivity contribution in [3.8, 4) is 11.5 Å². The lowest BCUT2D eigenvalue weighted by atomic mass is 9.39. The highest BCUT2D eigenvalue weighted by molar-refractivity contribution is 5.96. The zero-order valence-electron chi connectivity index (χ0n) is 23.3. The van der Waals surface area contributed by atoms with Crippen LogP contribution >= 0.6 is 0 Å². The molecule has 38 heavy (non-hydrogen) atoms. The first kappa shape index (κ1) is 26.7. The molecule has 1 aromatic carbocycles. The van der Waals surface area contributed by atoms with Crippen molar-refractivity contribution in [1.82, 2.24) is 0 Å². The second kappa shape index (κ2) is 8.84. The normalized spacial score (nSPS) is 39.2. The number of phenolic OH excluding ortho intramolecular Hbond substituents is 1. The van der Waals surface area contributed by atoms with E-state index in [1.807, 2.05) is 13.8 Å². The number of ketones is 1. The molecule has 1 aromatic rings. The Morgan fingerprint density at radius 3 is 2.55 bits per heavy atom. The van der Waals surface area contributed by atoms with E-state index in [-0.39, 0.29) is 34.2 Å². The summed E-state index contributed by atoms with van der Waals surface area (Å²) in [6, 6.07) is 4.93. The molecule has 4 aliphatic carbocycles. The van der Waals surface area contributed by atoms with Crippen LogP contribution in [0.5, 0.6) is 11.5 Å². The fraction of sp³-hybridized carbons (Fsp3) is 0.562. The van der Waals surface area contributed by atoms with Crippen LogP contribution in [0, 0.1) is 33.5 Å². The summed E-state index contributed by atoms with van der Waals surface area (Å²) in [6.45, 7) is 10.7. The molecule has 0 amide bonds. The zero-order chi connectivity index (χ0) is 27.7. The number of rotatable bonds is 4. The minimum Gasteiger partial charge on any atom is -0.504 e.